The van der Waals surface area contributed by atoms with Gasteiger partial charge in [-0.2, -0.15) is 18.3 Å². The van der Waals surface area contributed by atoms with Gasteiger partial charge in [0.05, 0.1) is 19.2 Å². The van der Waals surface area contributed by atoms with E-state index in [2.05, 4.69) is 30.2 Å². The minimum absolute atomic E-state index is 0.0264. The second-order valence-electron chi connectivity index (χ2n) is 11.3. The summed E-state index contributed by atoms with van der Waals surface area (Å²) in [5.41, 5.74) is 2.29. The Kier molecular flexibility index (Phi) is 8.29. The summed E-state index contributed by atoms with van der Waals surface area (Å²) in [6.07, 6.45) is -1.90. The first kappa shape index (κ1) is 30.4. The third-order valence-corrected chi connectivity index (χ3v) is 8.32. The maximum Gasteiger partial charge on any atom is 0.451 e. The summed E-state index contributed by atoms with van der Waals surface area (Å²) in [4.78, 5) is 15.2. The normalized spacial score (nSPS) is 17.8. The lowest BCUT2D eigenvalue weighted by Gasteiger charge is -2.32. The molecule has 1 N–H and O–H groups in total. The standard InChI is InChI=1S/C30H28ClF4N9O2/c31-18-5-4-17(22(32)13-18)12-19-2-1-3-26(36-19)46-20-6-9-43(10-7-20)16-25-37-24-14-23(27-38-29(42-40-27)30(33,34)35)39-41-28(24)44(25)15-21-8-11-45-21/h1-5,13-14,20-21H,6-12,15-16H2,(H,38,40,42)/t21-/m0/s1. The van der Waals surface area contributed by atoms with E-state index in [-0.39, 0.29) is 29.5 Å². The van der Waals surface area contributed by atoms with Gasteiger partial charge in [0.25, 0.3) is 0 Å². The minimum atomic E-state index is -4.65. The van der Waals surface area contributed by atoms with Crippen molar-refractivity contribution >= 4 is 22.8 Å². The van der Waals surface area contributed by atoms with E-state index in [1.54, 1.807) is 24.3 Å². The second-order valence-corrected chi connectivity index (χ2v) is 11.8. The number of aromatic nitrogens is 8. The molecule has 5 aromatic rings. The number of nitrogens with zero attached hydrogens (tertiary/aromatic N) is 8. The van der Waals surface area contributed by atoms with Gasteiger partial charge in [-0.05, 0) is 49.1 Å². The molecule has 0 saturated carbocycles. The quantitative estimate of drug-likeness (QED) is 0.212. The number of hydrogen-bond acceptors (Lipinski definition) is 9. The van der Waals surface area contributed by atoms with E-state index in [9.17, 15) is 17.6 Å². The van der Waals surface area contributed by atoms with Crippen LogP contribution in [-0.4, -0.2) is 76.7 Å². The Morgan fingerprint density at radius 1 is 1.02 bits per heavy atom. The molecule has 0 radical (unpaired) electrons. The van der Waals surface area contributed by atoms with Crippen LogP contribution in [0.4, 0.5) is 17.6 Å². The monoisotopic (exact) mass is 657 g/mol. The van der Waals surface area contributed by atoms with Crippen molar-refractivity contribution in [2.75, 3.05) is 19.7 Å². The van der Waals surface area contributed by atoms with Gasteiger partial charge in [0.2, 0.25) is 17.5 Å². The number of nitrogens with one attached hydrogen (secondary N) is 1. The van der Waals surface area contributed by atoms with E-state index >= 15 is 0 Å². The molecule has 0 spiro atoms. The Morgan fingerprint density at radius 2 is 1.85 bits per heavy atom. The maximum atomic E-state index is 14.3. The Hall–Kier alpha value is -4.21. The van der Waals surface area contributed by atoms with Crippen molar-refractivity contribution in [1.29, 1.82) is 0 Å². The van der Waals surface area contributed by atoms with Crippen LogP contribution >= 0.6 is 11.6 Å². The maximum absolute atomic E-state index is 14.3. The average molecular weight is 658 g/mol. The average Bonchev–Trinajstić information content (AvgIpc) is 3.63. The van der Waals surface area contributed by atoms with Crippen LogP contribution in [0.2, 0.25) is 5.02 Å². The Labute approximate surface area is 264 Å². The summed E-state index contributed by atoms with van der Waals surface area (Å²) in [6.45, 7) is 3.26. The number of hydrogen-bond donors (Lipinski definition) is 1. The van der Waals surface area contributed by atoms with E-state index in [0.29, 0.717) is 59.4 Å². The van der Waals surface area contributed by atoms with Gasteiger partial charge in [0, 0.05) is 42.9 Å². The fourth-order valence-corrected chi connectivity index (χ4v) is 5.73. The van der Waals surface area contributed by atoms with Gasteiger partial charge in [0.1, 0.15) is 29.0 Å². The van der Waals surface area contributed by atoms with E-state index in [1.807, 2.05) is 21.8 Å². The molecular formula is C30H28ClF4N9O2. The molecule has 7 rings (SSSR count). The van der Waals surface area contributed by atoms with Crippen LogP contribution in [0.25, 0.3) is 22.7 Å². The summed E-state index contributed by atoms with van der Waals surface area (Å²) in [5.74, 6) is -0.536. The number of benzene rings is 1. The summed E-state index contributed by atoms with van der Waals surface area (Å²) in [5, 5.41) is 14.3. The molecule has 6 heterocycles. The van der Waals surface area contributed by atoms with Crippen LogP contribution < -0.4 is 4.74 Å². The number of ether oxygens (including phenoxy) is 2. The van der Waals surface area contributed by atoms with Crippen LogP contribution in [0.3, 0.4) is 0 Å². The van der Waals surface area contributed by atoms with Crippen LogP contribution in [-0.2, 0) is 30.4 Å². The van der Waals surface area contributed by atoms with Gasteiger partial charge < -0.3 is 14.0 Å². The molecule has 16 heteroatoms. The van der Waals surface area contributed by atoms with Crippen molar-refractivity contribution in [1.82, 2.24) is 44.8 Å². The summed E-state index contributed by atoms with van der Waals surface area (Å²) < 4.78 is 67.2. The van der Waals surface area contributed by atoms with Gasteiger partial charge >= 0.3 is 6.18 Å². The van der Waals surface area contributed by atoms with E-state index in [0.717, 1.165) is 38.2 Å². The third kappa shape index (κ3) is 6.66. The topological polar surface area (TPSA) is 120 Å². The number of imidazole rings is 1. The number of halogens is 5. The molecule has 2 aliphatic rings. The van der Waals surface area contributed by atoms with Gasteiger partial charge in [-0.1, -0.05) is 23.7 Å². The summed E-state index contributed by atoms with van der Waals surface area (Å²) >= 11 is 5.87. The van der Waals surface area contributed by atoms with Crippen LogP contribution in [0, 0.1) is 5.82 Å². The smallest absolute Gasteiger partial charge is 0.451 e. The third-order valence-electron chi connectivity index (χ3n) is 8.09. The van der Waals surface area contributed by atoms with E-state index in [4.69, 9.17) is 26.1 Å². The van der Waals surface area contributed by atoms with Crippen molar-refractivity contribution in [3.63, 3.8) is 0 Å². The molecule has 0 bridgehead atoms. The molecule has 2 aliphatic heterocycles. The van der Waals surface area contributed by atoms with E-state index in [1.165, 1.54) is 6.07 Å². The molecule has 2 saturated heterocycles. The fourth-order valence-electron chi connectivity index (χ4n) is 5.57. The zero-order chi connectivity index (χ0) is 31.8. The molecule has 0 unspecified atom stereocenters. The molecule has 2 fully saturated rings. The van der Waals surface area contributed by atoms with Gasteiger partial charge in [-0.25, -0.2) is 19.3 Å². The Morgan fingerprint density at radius 3 is 2.57 bits per heavy atom. The number of fused-ring (bicyclic) bond motifs is 1. The first-order chi connectivity index (χ1) is 22.2. The predicted octanol–water partition coefficient (Wildman–Crippen LogP) is 5.24. The highest BCUT2D eigenvalue weighted by Gasteiger charge is 2.35. The number of rotatable bonds is 9. The molecule has 0 aliphatic carbocycles. The number of likely N-dealkylation sites (tertiary alicyclic amines) is 1. The molecule has 4 aromatic heterocycles. The lowest BCUT2D eigenvalue weighted by Crippen LogP contribution is -2.39. The van der Waals surface area contributed by atoms with Crippen molar-refractivity contribution in [2.24, 2.45) is 0 Å². The van der Waals surface area contributed by atoms with Crippen molar-refractivity contribution < 1.29 is 27.0 Å². The number of aromatic amines is 1. The second kappa shape index (κ2) is 12.5. The molecule has 240 valence electrons. The zero-order valence-electron chi connectivity index (χ0n) is 24.3. The van der Waals surface area contributed by atoms with Crippen molar-refractivity contribution in [3.8, 4) is 17.4 Å². The molecule has 11 nitrogen and oxygen atoms in total. The molecule has 0 amide bonds. The number of pyridine rings is 1. The van der Waals surface area contributed by atoms with Crippen molar-refractivity contribution in [3.05, 3.63) is 76.2 Å². The first-order valence-corrected chi connectivity index (χ1v) is 15.2. The number of piperidine rings is 1. The summed E-state index contributed by atoms with van der Waals surface area (Å²) in [7, 11) is 0. The van der Waals surface area contributed by atoms with Gasteiger partial charge in [0.15, 0.2) is 5.65 Å². The van der Waals surface area contributed by atoms with Crippen LogP contribution in [0.15, 0.2) is 42.5 Å². The van der Waals surface area contributed by atoms with E-state index < -0.39 is 12.0 Å². The lowest BCUT2D eigenvalue weighted by atomic mass is 10.1. The molecule has 1 aromatic carbocycles. The Balaban J connectivity index is 1.02. The zero-order valence-corrected chi connectivity index (χ0v) is 25.1. The molecule has 46 heavy (non-hydrogen) atoms. The molecular weight excluding hydrogens is 630 g/mol. The largest absolute Gasteiger partial charge is 0.474 e. The fraction of sp³-hybridized carbons (Fsp3) is 0.400. The molecule has 1 atom stereocenters. The highest BCUT2D eigenvalue weighted by molar-refractivity contribution is 6.30. The number of alkyl halides is 3. The SMILES string of the molecule is Fc1cc(Cl)ccc1Cc1cccc(OC2CCN(Cc3nc4cc(-c5n[nH]c(C(F)(F)F)n5)nnc4n3C[C@@H]3CCO3)CC2)n1. The Bertz CT molecular complexity index is 1850. The first-order valence-electron chi connectivity index (χ1n) is 14.8. The predicted molar refractivity (Wildman–Crippen MR) is 157 cm³/mol. The minimum Gasteiger partial charge on any atom is -0.474 e. The van der Waals surface area contributed by atoms with Crippen molar-refractivity contribution in [2.45, 2.75) is 57.2 Å². The van der Waals surface area contributed by atoms with Crippen LogP contribution in [0.1, 0.15) is 42.2 Å². The lowest BCUT2D eigenvalue weighted by molar-refractivity contribution is -0.144. The number of H-pyrrole nitrogens is 1. The highest BCUT2D eigenvalue weighted by atomic mass is 35.5. The summed E-state index contributed by atoms with van der Waals surface area (Å²) in [6, 6.07) is 11.6. The van der Waals surface area contributed by atoms with Crippen LogP contribution in [0.5, 0.6) is 5.88 Å². The van der Waals surface area contributed by atoms with Gasteiger partial charge in [-0.15, -0.1) is 10.2 Å². The van der Waals surface area contributed by atoms with Gasteiger partial charge in [-0.3, -0.25) is 10.00 Å². The highest BCUT2D eigenvalue weighted by Crippen LogP contribution is 2.29.